The average molecular weight is 516 g/mol. The number of hydrogen-bond donors (Lipinski definition) is 0. The Balaban J connectivity index is 1.14. The zero-order chi connectivity index (χ0) is 26.1. The first-order valence-corrected chi connectivity index (χ1v) is 13.3. The minimum Gasteiger partial charge on any atom is -0.366 e. The number of likely N-dealkylation sites (tertiary alicyclic amines) is 1. The number of fused-ring (bicyclic) bond motifs is 1. The lowest BCUT2D eigenvalue weighted by atomic mass is 9.96. The molecule has 2 aliphatic heterocycles. The third kappa shape index (κ3) is 4.88. The Hall–Kier alpha value is -3.78. The quantitative estimate of drug-likeness (QED) is 0.381. The number of amides is 1. The molecule has 0 unspecified atom stereocenters. The molecule has 0 bridgehead atoms. The number of imidazole rings is 1. The number of carbonyl (C=O) groups is 1. The maximum Gasteiger partial charge on any atom is 0.227 e. The molecule has 0 radical (unpaired) electrons. The van der Waals surface area contributed by atoms with Crippen LogP contribution in [0, 0.1) is 17.6 Å². The lowest BCUT2D eigenvalue weighted by Gasteiger charge is -2.39. The Labute approximate surface area is 221 Å². The summed E-state index contributed by atoms with van der Waals surface area (Å²) >= 11 is 0. The van der Waals surface area contributed by atoms with Crippen LogP contribution in [0.5, 0.6) is 0 Å². The molecule has 0 aliphatic carbocycles. The molecule has 4 aromatic rings. The van der Waals surface area contributed by atoms with Gasteiger partial charge in [-0.05, 0) is 67.9 Å². The molecule has 3 aromatic carbocycles. The first-order valence-electron chi connectivity index (χ1n) is 13.3. The summed E-state index contributed by atoms with van der Waals surface area (Å²) in [5, 5.41) is 0. The molecule has 1 atom stereocenters. The summed E-state index contributed by atoms with van der Waals surface area (Å²) in [6.45, 7) is 4.65. The zero-order valence-electron chi connectivity index (χ0n) is 21.3. The number of para-hydroxylation sites is 3. The van der Waals surface area contributed by atoms with E-state index in [9.17, 15) is 13.6 Å². The minimum absolute atomic E-state index is 0.0626. The molecular weight excluding hydrogens is 484 g/mol. The Morgan fingerprint density at radius 2 is 1.61 bits per heavy atom. The number of halogens is 2. The Morgan fingerprint density at radius 1 is 0.868 bits per heavy atom. The van der Waals surface area contributed by atoms with E-state index in [0.29, 0.717) is 45.0 Å². The highest BCUT2D eigenvalue weighted by atomic mass is 19.1. The summed E-state index contributed by atoms with van der Waals surface area (Å²) in [7, 11) is 0. The molecule has 3 heterocycles. The molecule has 2 aliphatic rings. The fourth-order valence-electron chi connectivity index (χ4n) is 5.80. The maximum absolute atomic E-state index is 14.2. The van der Waals surface area contributed by atoms with E-state index < -0.39 is 0 Å². The van der Waals surface area contributed by atoms with Gasteiger partial charge in [0, 0.05) is 38.4 Å². The smallest absolute Gasteiger partial charge is 0.227 e. The Bertz CT molecular complexity index is 1430. The van der Waals surface area contributed by atoms with E-state index in [0.717, 1.165) is 41.9 Å². The van der Waals surface area contributed by atoms with Gasteiger partial charge in [0.2, 0.25) is 5.91 Å². The van der Waals surface area contributed by atoms with Crippen molar-refractivity contribution >= 4 is 22.6 Å². The Morgan fingerprint density at radius 3 is 2.39 bits per heavy atom. The van der Waals surface area contributed by atoms with Crippen molar-refractivity contribution in [3.8, 4) is 5.69 Å². The van der Waals surface area contributed by atoms with E-state index in [2.05, 4.69) is 9.47 Å². The molecule has 6 nitrogen and oxygen atoms in total. The fourth-order valence-corrected chi connectivity index (χ4v) is 5.80. The van der Waals surface area contributed by atoms with Gasteiger partial charge < -0.3 is 9.80 Å². The van der Waals surface area contributed by atoms with Gasteiger partial charge in [0.1, 0.15) is 17.5 Å². The first kappa shape index (κ1) is 24.6. The summed E-state index contributed by atoms with van der Waals surface area (Å²) in [4.78, 5) is 24.7. The van der Waals surface area contributed by atoms with Crippen LogP contribution in [0.3, 0.4) is 0 Å². The highest BCUT2D eigenvalue weighted by Gasteiger charge is 2.32. The van der Waals surface area contributed by atoms with Crippen LogP contribution in [0.1, 0.15) is 18.7 Å². The van der Waals surface area contributed by atoms with E-state index in [1.807, 2.05) is 40.1 Å². The van der Waals surface area contributed by atoms with Crippen molar-refractivity contribution in [1.82, 2.24) is 19.4 Å². The largest absolute Gasteiger partial charge is 0.366 e. The van der Waals surface area contributed by atoms with Gasteiger partial charge in [0.15, 0.2) is 0 Å². The average Bonchev–Trinajstić information content (AvgIpc) is 3.31. The molecule has 0 saturated carbocycles. The third-order valence-corrected chi connectivity index (χ3v) is 7.72. The van der Waals surface area contributed by atoms with Crippen LogP contribution in [0.4, 0.5) is 14.5 Å². The topological polar surface area (TPSA) is 44.6 Å². The van der Waals surface area contributed by atoms with Crippen molar-refractivity contribution in [1.29, 1.82) is 0 Å². The van der Waals surface area contributed by atoms with Gasteiger partial charge in [-0.15, -0.1) is 0 Å². The summed E-state index contributed by atoms with van der Waals surface area (Å²) in [5.74, 6) is 0.514. The second-order valence-electron chi connectivity index (χ2n) is 10.2. The SMILES string of the molecule is O=C([C@H]1CCCN(Cc2nc3ccccc3n2-c2ccc(F)cc2)C1)N1CCN(c2ccccc2F)CC1. The monoisotopic (exact) mass is 515 g/mol. The summed E-state index contributed by atoms with van der Waals surface area (Å²) < 4.78 is 29.9. The molecule has 1 amide bonds. The van der Waals surface area contributed by atoms with Crippen molar-refractivity contribution < 1.29 is 13.6 Å². The van der Waals surface area contributed by atoms with Crippen molar-refractivity contribution in [3.05, 3.63) is 90.3 Å². The second kappa shape index (κ2) is 10.5. The predicted molar refractivity (Wildman–Crippen MR) is 144 cm³/mol. The van der Waals surface area contributed by atoms with E-state index in [-0.39, 0.29) is 23.5 Å². The van der Waals surface area contributed by atoms with Crippen LogP contribution in [-0.2, 0) is 11.3 Å². The van der Waals surface area contributed by atoms with E-state index >= 15 is 0 Å². The molecule has 196 valence electrons. The number of rotatable bonds is 5. The lowest BCUT2D eigenvalue weighted by Crippen LogP contribution is -2.52. The van der Waals surface area contributed by atoms with Crippen LogP contribution in [0.2, 0.25) is 0 Å². The summed E-state index contributed by atoms with van der Waals surface area (Å²) in [5.41, 5.74) is 3.34. The van der Waals surface area contributed by atoms with Gasteiger partial charge in [-0.25, -0.2) is 13.8 Å². The first-order chi connectivity index (χ1) is 18.6. The van der Waals surface area contributed by atoms with E-state index in [1.165, 1.54) is 18.2 Å². The molecule has 2 saturated heterocycles. The van der Waals surface area contributed by atoms with Crippen LogP contribution in [0.25, 0.3) is 16.7 Å². The number of nitrogens with zero attached hydrogens (tertiary/aromatic N) is 5. The third-order valence-electron chi connectivity index (χ3n) is 7.72. The molecule has 1 aromatic heterocycles. The summed E-state index contributed by atoms with van der Waals surface area (Å²) in [6.07, 6.45) is 1.82. The summed E-state index contributed by atoms with van der Waals surface area (Å²) in [6, 6.07) is 21.3. The van der Waals surface area contributed by atoms with Crippen LogP contribution in [0.15, 0.2) is 72.8 Å². The van der Waals surface area contributed by atoms with Gasteiger partial charge in [-0.1, -0.05) is 24.3 Å². The van der Waals surface area contributed by atoms with Crippen molar-refractivity contribution in [2.45, 2.75) is 19.4 Å². The fraction of sp³-hybridized carbons (Fsp3) is 0.333. The second-order valence-corrected chi connectivity index (χ2v) is 10.2. The molecule has 8 heteroatoms. The number of hydrogen-bond acceptors (Lipinski definition) is 4. The Kier molecular flexibility index (Phi) is 6.81. The number of piperazine rings is 1. The van der Waals surface area contributed by atoms with Gasteiger partial charge in [0.25, 0.3) is 0 Å². The van der Waals surface area contributed by atoms with Crippen molar-refractivity contribution in [2.75, 3.05) is 44.2 Å². The van der Waals surface area contributed by atoms with Crippen LogP contribution in [-0.4, -0.2) is 64.5 Å². The van der Waals surface area contributed by atoms with Crippen molar-refractivity contribution in [3.63, 3.8) is 0 Å². The number of aromatic nitrogens is 2. The van der Waals surface area contributed by atoms with Gasteiger partial charge in [-0.3, -0.25) is 14.3 Å². The van der Waals surface area contributed by atoms with Crippen LogP contribution < -0.4 is 4.90 Å². The van der Waals surface area contributed by atoms with Crippen LogP contribution >= 0.6 is 0 Å². The zero-order valence-corrected chi connectivity index (χ0v) is 21.3. The molecule has 2 fully saturated rings. The number of benzene rings is 3. The van der Waals surface area contributed by atoms with Gasteiger partial charge >= 0.3 is 0 Å². The number of carbonyl (C=O) groups excluding carboxylic acids is 1. The molecule has 0 spiro atoms. The highest BCUT2D eigenvalue weighted by molar-refractivity contribution is 5.80. The molecule has 38 heavy (non-hydrogen) atoms. The van der Waals surface area contributed by atoms with E-state index in [1.54, 1.807) is 24.3 Å². The predicted octanol–water partition coefficient (Wildman–Crippen LogP) is 4.86. The van der Waals surface area contributed by atoms with E-state index in [4.69, 9.17) is 4.98 Å². The molecule has 6 rings (SSSR count). The maximum atomic E-state index is 14.2. The minimum atomic E-state index is -0.271. The van der Waals surface area contributed by atoms with Gasteiger partial charge in [-0.2, -0.15) is 0 Å². The standard InChI is InChI=1S/C30H31F2N5O/c31-23-11-13-24(14-12-23)37-28-10-4-2-8-26(28)33-29(37)21-34-15-5-6-22(20-34)30(38)36-18-16-35(17-19-36)27-9-3-1-7-25(27)32/h1-4,7-14,22H,5-6,15-21H2/t22-/m0/s1. The molecular formula is C30H31F2N5O. The highest BCUT2D eigenvalue weighted by Crippen LogP contribution is 2.26. The lowest BCUT2D eigenvalue weighted by molar-refractivity contribution is -0.137. The number of piperidine rings is 1. The number of anilines is 1. The normalized spacial score (nSPS) is 18.7. The van der Waals surface area contributed by atoms with Gasteiger partial charge in [0.05, 0.1) is 29.2 Å². The van der Waals surface area contributed by atoms with Crippen molar-refractivity contribution in [2.24, 2.45) is 5.92 Å². The molecule has 0 N–H and O–H groups in total.